The number of allylic oxidation sites excluding steroid dienone is 1. The first-order valence-corrected chi connectivity index (χ1v) is 4.67. The van der Waals surface area contributed by atoms with Crippen LogP contribution in [0.4, 0.5) is 0 Å². The molecule has 0 aliphatic carbocycles. The largest absolute Gasteiger partial charge is 0.481 e. The van der Waals surface area contributed by atoms with Crippen molar-refractivity contribution in [3.8, 4) is 0 Å². The van der Waals surface area contributed by atoms with Crippen LogP contribution in [0.15, 0.2) is 12.7 Å². The zero-order valence-electron chi connectivity index (χ0n) is 8.97. The van der Waals surface area contributed by atoms with Crippen molar-refractivity contribution in [2.75, 3.05) is 6.61 Å². The van der Waals surface area contributed by atoms with Gasteiger partial charge in [-0.1, -0.05) is 13.5 Å². The van der Waals surface area contributed by atoms with E-state index in [0.717, 1.165) is 6.08 Å². The summed E-state index contributed by atoms with van der Waals surface area (Å²) in [7, 11) is 0. The van der Waals surface area contributed by atoms with Gasteiger partial charge < -0.3 is 5.11 Å². The summed E-state index contributed by atoms with van der Waals surface area (Å²) in [6.07, 6.45) is 0.572. The summed E-state index contributed by atoms with van der Waals surface area (Å²) in [5, 5.41) is 8.28. The normalized spacial score (nSPS) is 11.6. The molecule has 1 atom stereocenters. The maximum Gasteiger partial charge on any atom is 0.342 e. The fourth-order valence-corrected chi connectivity index (χ4v) is 0.736. The lowest BCUT2D eigenvalue weighted by Crippen LogP contribution is -2.17. The van der Waals surface area contributed by atoms with Gasteiger partial charge in [-0.3, -0.25) is 14.5 Å². The van der Waals surface area contributed by atoms with Crippen LogP contribution in [0.1, 0.15) is 19.8 Å². The van der Waals surface area contributed by atoms with Gasteiger partial charge in [0, 0.05) is 5.92 Å². The molecule has 0 aromatic rings. The van der Waals surface area contributed by atoms with Crippen LogP contribution in [0.3, 0.4) is 0 Å². The lowest BCUT2D eigenvalue weighted by Gasteiger charge is -2.07. The molecule has 0 amide bonds. The Balaban J connectivity index is 3.65. The van der Waals surface area contributed by atoms with Crippen LogP contribution in [0.25, 0.3) is 0 Å². The molecule has 0 fully saturated rings. The lowest BCUT2D eigenvalue weighted by atomic mass is 10.1. The summed E-state index contributed by atoms with van der Waals surface area (Å²) < 4.78 is 0. The van der Waals surface area contributed by atoms with Gasteiger partial charge in [0.25, 0.3) is 0 Å². The van der Waals surface area contributed by atoms with E-state index in [2.05, 4.69) is 16.4 Å². The molecule has 0 saturated heterocycles. The Bertz CT molecular complexity index is 283. The Morgan fingerprint density at radius 1 is 1.38 bits per heavy atom. The Morgan fingerprint density at radius 2 is 2.00 bits per heavy atom. The molecule has 0 bridgehead atoms. The number of rotatable bonds is 8. The Morgan fingerprint density at radius 3 is 2.50 bits per heavy atom. The average Bonchev–Trinajstić information content (AvgIpc) is 2.24. The van der Waals surface area contributed by atoms with Gasteiger partial charge in [-0.15, -0.1) is 0 Å². The van der Waals surface area contributed by atoms with Gasteiger partial charge >= 0.3 is 11.9 Å². The smallest absolute Gasteiger partial charge is 0.342 e. The third kappa shape index (κ3) is 6.72. The van der Waals surface area contributed by atoms with Crippen molar-refractivity contribution in [1.82, 2.24) is 0 Å². The second-order valence-electron chi connectivity index (χ2n) is 3.14. The predicted octanol–water partition coefficient (Wildman–Crippen LogP) is 0.717. The summed E-state index contributed by atoms with van der Waals surface area (Å²) in [6.45, 7) is 4.81. The molecule has 90 valence electrons. The van der Waals surface area contributed by atoms with Crippen molar-refractivity contribution >= 4 is 17.7 Å². The van der Waals surface area contributed by atoms with Crippen LogP contribution < -0.4 is 0 Å². The van der Waals surface area contributed by atoms with E-state index in [4.69, 9.17) is 5.11 Å². The number of hydrogen-bond acceptors (Lipinski definition) is 5. The monoisotopic (exact) mass is 230 g/mol. The minimum Gasteiger partial charge on any atom is -0.481 e. The van der Waals surface area contributed by atoms with Crippen LogP contribution in [0, 0.1) is 5.92 Å². The number of carbonyl (C=O) groups is 3. The Kier molecular flexibility index (Phi) is 6.78. The first-order valence-electron chi connectivity index (χ1n) is 4.67. The Labute approximate surface area is 92.8 Å². The van der Waals surface area contributed by atoms with E-state index in [1.165, 1.54) is 0 Å². The molecule has 1 unspecified atom stereocenters. The number of ketones is 1. The predicted molar refractivity (Wildman–Crippen MR) is 53.3 cm³/mol. The standard InChI is InChI=1S/C10H14O6/c1-3-8(11)7(2)6-15-16-10(14)5-4-9(12)13/h3,7H,1,4-6H2,2H3,(H,12,13). The van der Waals surface area contributed by atoms with Crippen LogP contribution in [-0.2, 0) is 24.2 Å². The van der Waals surface area contributed by atoms with Gasteiger partial charge in [-0.25, -0.2) is 4.79 Å². The molecule has 0 rings (SSSR count). The third-order valence-corrected chi connectivity index (χ3v) is 1.70. The fraction of sp³-hybridized carbons (Fsp3) is 0.500. The van der Waals surface area contributed by atoms with E-state index in [-0.39, 0.29) is 25.2 Å². The van der Waals surface area contributed by atoms with Gasteiger partial charge in [-0.05, 0) is 6.08 Å². The molecule has 0 aliphatic heterocycles. The fourth-order valence-electron chi connectivity index (χ4n) is 0.736. The molecule has 1 N–H and O–H groups in total. The van der Waals surface area contributed by atoms with E-state index < -0.39 is 17.9 Å². The van der Waals surface area contributed by atoms with Gasteiger partial charge in [0.1, 0.15) is 6.61 Å². The van der Waals surface area contributed by atoms with Crippen LogP contribution in [0.5, 0.6) is 0 Å². The van der Waals surface area contributed by atoms with Crippen molar-refractivity contribution in [2.45, 2.75) is 19.8 Å². The number of hydrogen-bond donors (Lipinski definition) is 1. The summed E-state index contributed by atoms with van der Waals surface area (Å²) >= 11 is 0. The number of carboxylic acids is 1. The first-order chi connectivity index (χ1) is 7.47. The van der Waals surface area contributed by atoms with Crippen molar-refractivity contribution in [1.29, 1.82) is 0 Å². The van der Waals surface area contributed by atoms with Crippen molar-refractivity contribution < 1.29 is 29.3 Å². The minimum absolute atomic E-state index is 0.0797. The zero-order chi connectivity index (χ0) is 12.6. The number of carboxylic acid groups (broad SMARTS) is 1. The maximum absolute atomic E-state index is 11.0. The second-order valence-corrected chi connectivity index (χ2v) is 3.14. The van der Waals surface area contributed by atoms with Crippen molar-refractivity contribution in [3.63, 3.8) is 0 Å². The SMILES string of the molecule is C=CC(=O)C(C)COOC(=O)CCC(=O)O. The maximum atomic E-state index is 11.0. The molecular formula is C10H14O6. The van der Waals surface area contributed by atoms with Gasteiger partial charge in [0.15, 0.2) is 5.78 Å². The highest BCUT2D eigenvalue weighted by Crippen LogP contribution is 2.00. The molecule has 0 heterocycles. The molecule has 6 heteroatoms. The summed E-state index contributed by atoms with van der Waals surface area (Å²) in [6, 6.07) is 0. The molecular weight excluding hydrogens is 216 g/mol. The summed E-state index contributed by atoms with van der Waals surface area (Å²) in [4.78, 5) is 40.7. The van der Waals surface area contributed by atoms with E-state index in [9.17, 15) is 14.4 Å². The highest BCUT2D eigenvalue weighted by Gasteiger charge is 2.12. The van der Waals surface area contributed by atoms with Crippen LogP contribution >= 0.6 is 0 Å². The van der Waals surface area contributed by atoms with Gasteiger partial charge in [-0.2, -0.15) is 4.89 Å². The molecule has 0 spiro atoms. The summed E-state index contributed by atoms with van der Waals surface area (Å²) in [5.74, 6) is -2.54. The van der Waals surface area contributed by atoms with E-state index in [1.54, 1.807) is 6.92 Å². The van der Waals surface area contributed by atoms with Crippen LogP contribution in [-0.4, -0.2) is 29.4 Å². The first kappa shape index (κ1) is 14.3. The molecule has 0 saturated carbocycles. The van der Waals surface area contributed by atoms with Crippen LogP contribution in [0.2, 0.25) is 0 Å². The quantitative estimate of drug-likeness (QED) is 0.375. The van der Waals surface area contributed by atoms with Gasteiger partial charge in [0.05, 0.1) is 12.8 Å². The van der Waals surface area contributed by atoms with Gasteiger partial charge in [0.2, 0.25) is 0 Å². The second kappa shape index (κ2) is 7.58. The zero-order valence-corrected chi connectivity index (χ0v) is 8.97. The highest BCUT2D eigenvalue weighted by atomic mass is 17.2. The highest BCUT2D eigenvalue weighted by molar-refractivity contribution is 5.90. The molecule has 16 heavy (non-hydrogen) atoms. The molecule has 0 aromatic heterocycles. The molecule has 6 nitrogen and oxygen atoms in total. The molecule has 0 radical (unpaired) electrons. The Hall–Kier alpha value is -1.69. The lowest BCUT2D eigenvalue weighted by molar-refractivity contribution is -0.276. The van der Waals surface area contributed by atoms with Crippen molar-refractivity contribution in [3.05, 3.63) is 12.7 Å². The topological polar surface area (TPSA) is 89.9 Å². The number of aliphatic carboxylic acids is 1. The summed E-state index contributed by atoms with van der Waals surface area (Å²) in [5.41, 5.74) is 0. The minimum atomic E-state index is -1.09. The van der Waals surface area contributed by atoms with E-state index >= 15 is 0 Å². The van der Waals surface area contributed by atoms with E-state index in [1.807, 2.05) is 0 Å². The van der Waals surface area contributed by atoms with Crippen molar-refractivity contribution in [2.24, 2.45) is 5.92 Å². The molecule has 0 aliphatic rings. The molecule has 0 aromatic carbocycles. The number of carbonyl (C=O) groups excluding carboxylic acids is 2. The third-order valence-electron chi connectivity index (χ3n) is 1.70. The van der Waals surface area contributed by atoms with E-state index in [0.29, 0.717) is 0 Å². The average molecular weight is 230 g/mol.